The molecule has 2 rings (SSSR count). The smallest absolute Gasteiger partial charge is 0.237 e. The van der Waals surface area contributed by atoms with Crippen LogP contribution in [0, 0.1) is 5.92 Å². The maximum absolute atomic E-state index is 11.7. The molecule has 0 aromatic carbocycles. The minimum absolute atomic E-state index is 0.240. The third kappa shape index (κ3) is 4.45. The van der Waals surface area contributed by atoms with E-state index in [1.165, 1.54) is 38.5 Å². The largest absolute Gasteiger partial charge is 0.378 e. The van der Waals surface area contributed by atoms with Gasteiger partial charge in [0.2, 0.25) is 5.91 Å². The quantitative estimate of drug-likeness (QED) is 0.672. The predicted octanol–water partition coefficient (Wildman–Crippen LogP) is 2.36. The molecule has 3 unspecified atom stereocenters. The minimum atomic E-state index is -0.567. The molecular formula is C16H30N2O2. The average molecular weight is 282 g/mol. The summed E-state index contributed by atoms with van der Waals surface area (Å²) in [5, 5.41) is 3.38. The molecule has 20 heavy (non-hydrogen) atoms. The van der Waals surface area contributed by atoms with Gasteiger partial charge in [0.15, 0.2) is 0 Å². The van der Waals surface area contributed by atoms with Crippen LogP contribution in [0.5, 0.6) is 0 Å². The molecule has 2 fully saturated rings. The van der Waals surface area contributed by atoms with Crippen LogP contribution in [-0.4, -0.2) is 30.2 Å². The fourth-order valence-electron chi connectivity index (χ4n) is 3.13. The maximum atomic E-state index is 11.7. The Bertz CT molecular complexity index is 330. The van der Waals surface area contributed by atoms with Crippen molar-refractivity contribution in [3.8, 4) is 0 Å². The van der Waals surface area contributed by atoms with Crippen molar-refractivity contribution in [3.63, 3.8) is 0 Å². The van der Waals surface area contributed by atoms with Crippen molar-refractivity contribution in [2.75, 3.05) is 6.61 Å². The molecule has 4 nitrogen and oxygen atoms in total. The fourth-order valence-corrected chi connectivity index (χ4v) is 3.13. The monoisotopic (exact) mass is 282 g/mol. The summed E-state index contributed by atoms with van der Waals surface area (Å²) in [5.41, 5.74) is 4.99. The number of hydrogen-bond donors (Lipinski definition) is 2. The highest BCUT2D eigenvalue weighted by molar-refractivity contribution is 5.84. The van der Waals surface area contributed by atoms with Gasteiger partial charge in [-0.05, 0) is 51.4 Å². The number of nitrogens with two attached hydrogens (primary N) is 1. The van der Waals surface area contributed by atoms with Crippen LogP contribution in [0.25, 0.3) is 0 Å². The topological polar surface area (TPSA) is 64.3 Å². The number of primary amides is 1. The lowest BCUT2D eigenvalue weighted by molar-refractivity contribution is -0.124. The number of carbonyl (C=O) groups excluding carboxylic acids is 1. The van der Waals surface area contributed by atoms with Gasteiger partial charge in [-0.25, -0.2) is 0 Å². The van der Waals surface area contributed by atoms with Crippen LogP contribution in [0.4, 0.5) is 0 Å². The highest BCUT2D eigenvalue weighted by Crippen LogP contribution is 2.27. The Morgan fingerprint density at radius 2 is 2.00 bits per heavy atom. The molecular weight excluding hydrogens is 252 g/mol. The summed E-state index contributed by atoms with van der Waals surface area (Å²) in [7, 11) is 0. The summed E-state index contributed by atoms with van der Waals surface area (Å²) in [6.45, 7) is 4.95. The van der Waals surface area contributed by atoms with Gasteiger partial charge in [0.05, 0.1) is 11.6 Å². The Kier molecular flexibility index (Phi) is 5.44. The number of nitrogens with one attached hydrogen (secondary N) is 1. The number of ether oxygens (including phenoxy) is 1. The van der Waals surface area contributed by atoms with E-state index < -0.39 is 5.54 Å². The summed E-state index contributed by atoms with van der Waals surface area (Å²) in [6.07, 6.45) is 9.50. The van der Waals surface area contributed by atoms with E-state index in [0.29, 0.717) is 18.1 Å². The number of amides is 1. The van der Waals surface area contributed by atoms with Crippen LogP contribution in [0.15, 0.2) is 0 Å². The average Bonchev–Trinajstić information content (AvgIpc) is 3.20. The number of rotatable bonds is 8. The molecule has 1 amide bonds. The molecule has 2 aliphatic rings. The van der Waals surface area contributed by atoms with Crippen molar-refractivity contribution < 1.29 is 9.53 Å². The molecule has 0 saturated heterocycles. The van der Waals surface area contributed by atoms with Gasteiger partial charge in [0.25, 0.3) is 0 Å². The first-order chi connectivity index (χ1) is 9.51. The molecule has 2 aliphatic carbocycles. The van der Waals surface area contributed by atoms with Crippen molar-refractivity contribution in [2.45, 2.75) is 82.9 Å². The van der Waals surface area contributed by atoms with E-state index in [1.807, 2.05) is 6.92 Å². The third-order valence-electron chi connectivity index (χ3n) is 4.83. The Labute approximate surface area is 122 Å². The summed E-state index contributed by atoms with van der Waals surface area (Å²) in [5.74, 6) is 0.436. The molecule has 116 valence electrons. The Morgan fingerprint density at radius 3 is 2.60 bits per heavy atom. The first-order valence-corrected chi connectivity index (χ1v) is 8.20. The minimum Gasteiger partial charge on any atom is -0.378 e. The molecule has 0 radical (unpaired) electrons. The van der Waals surface area contributed by atoms with Crippen molar-refractivity contribution >= 4 is 5.91 Å². The van der Waals surface area contributed by atoms with Crippen molar-refractivity contribution in [2.24, 2.45) is 11.7 Å². The molecule has 0 aromatic heterocycles. The van der Waals surface area contributed by atoms with Gasteiger partial charge in [-0.2, -0.15) is 0 Å². The zero-order valence-corrected chi connectivity index (χ0v) is 13.0. The molecule has 0 aliphatic heterocycles. The molecule has 4 heteroatoms. The second kappa shape index (κ2) is 6.90. The van der Waals surface area contributed by atoms with Gasteiger partial charge in [0, 0.05) is 12.6 Å². The van der Waals surface area contributed by atoms with Crippen LogP contribution in [0.2, 0.25) is 0 Å². The summed E-state index contributed by atoms with van der Waals surface area (Å²) in [6, 6.07) is 0.492. The SMILES string of the molecule is CC1CCCCC1OCCCC(C)(NC1CC1)C(N)=O. The lowest BCUT2D eigenvalue weighted by Crippen LogP contribution is -2.54. The van der Waals surface area contributed by atoms with Gasteiger partial charge in [0.1, 0.15) is 0 Å². The predicted molar refractivity (Wildman–Crippen MR) is 80.4 cm³/mol. The molecule has 0 bridgehead atoms. The third-order valence-corrected chi connectivity index (χ3v) is 4.83. The molecule has 0 spiro atoms. The van der Waals surface area contributed by atoms with E-state index in [1.54, 1.807) is 0 Å². The van der Waals surface area contributed by atoms with E-state index in [9.17, 15) is 4.79 Å². The van der Waals surface area contributed by atoms with Crippen LogP contribution in [0.3, 0.4) is 0 Å². The molecule has 2 saturated carbocycles. The maximum Gasteiger partial charge on any atom is 0.237 e. The lowest BCUT2D eigenvalue weighted by Gasteiger charge is -2.30. The van der Waals surface area contributed by atoms with Crippen molar-refractivity contribution in [3.05, 3.63) is 0 Å². The Morgan fingerprint density at radius 1 is 1.30 bits per heavy atom. The highest BCUT2D eigenvalue weighted by atomic mass is 16.5. The van der Waals surface area contributed by atoms with E-state index >= 15 is 0 Å². The van der Waals surface area contributed by atoms with Crippen molar-refractivity contribution in [1.29, 1.82) is 0 Å². The van der Waals surface area contributed by atoms with Gasteiger partial charge in [-0.3, -0.25) is 4.79 Å². The molecule has 0 heterocycles. The van der Waals surface area contributed by atoms with Gasteiger partial charge < -0.3 is 15.8 Å². The summed E-state index contributed by atoms with van der Waals surface area (Å²) in [4.78, 5) is 11.7. The van der Waals surface area contributed by atoms with Crippen LogP contribution < -0.4 is 11.1 Å². The van der Waals surface area contributed by atoms with Gasteiger partial charge >= 0.3 is 0 Å². The van der Waals surface area contributed by atoms with E-state index in [0.717, 1.165) is 19.4 Å². The second-order valence-corrected chi connectivity index (χ2v) is 6.89. The molecule has 0 aromatic rings. The van der Waals surface area contributed by atoms with E-state index in [4.69, 9.17) is 10.5 Å². The molecule has 3 atom stereocenters. The van der Waals surface area contributed by atoms with E-state index in [2.05, 4.69) is 12.2 Å². The zero-order valence-electron chi connectivity index (χ0n) is 13.0. The lowest BCUT2D eigenvalue weighted by atomic mass is 9.88. The van der Waals surface area contributed by atoms with Crippen LogP contribution in [0.1, 0.15) is 65.2 Å². The summed E-state index contributed by atoms with van der Waals surface area (Å²) < 4.78 is 6.01. The fraction of sp³-hybridized carbons (Fsp3) is 0.938. The van der Waals surface area contributed by atoms with E-state index in [-0.39, 0.29) is 5.91 Å². The standard InChI is InChI=1S/C16H30N2O2/c1-12-6-3-4-7-14(12)20-11-5-10-16(2,15(17)19)18-13-8-9-13/h12-14,18H,3-11H2,1-2H3,(H2,17,19). The number of hydrogen-bond acceptors (Lipinski definition) is 3. The highest BCUT2D eigenvalue weighted by Gasteiger charge is 2.36. The first kappa shape index (κ1) is 15.8. The van der Waals surface area contributed by atoms with Gasteiger partial charge in [-0.15, -0.1) is 0 Å². The van der Waals surface area contributed by atoms with Crippen LogP contribution in [-0.2, 0) is 9.53 Å². The van der Waals surface area contributed by atoms with Crippen molar-refractivity contribution in [1.82, 2.24) is 5.32 Å². The van der Waals surface area contributed by atoms with Gasteiger partial charge in [-0.1, -0.05) is 19.8 Å². The second-order valence-electron chi connectivity index (χ2n) is 6.89. The Hall–Kier alpha value is -0.610. The first-order valence-electron chi connectivity index (χ1n) is 8.20. The summed E-state index contributed by atoms with van der Waals surface area (Å²) >= 11 is 0. The normalized spacial score (nSPS) is 29.9. The number of carbonyl (C=O) groups is 1. The van der Waals surface area contributed by atoms with Crippen LogP contribution >= 0.6 is 0 Å². The molecule has 3 N–H and O–H groups in total. The zero-order chi connectivity index (χ0) is 14.6. The Balaban J connectivity index is 1.68.